The normalized spacial score (nSPS) is 15.6. The first kappa shape index (κ1) is 17.5. The molecule has 0 saturated carbocycles. The summed E-state index contributed by atoms with van der Waals surface area (Å²) in [7, 11) is -3.32. The Hall–Kier alpha value is -2.87. The third-order valence-electron chi connectivity index (χ3n) is 5.04. The summed E-state index contributed by atoms with van der Waals surface area (Å²) in [5.41, 5.74) is 3.98. The van der Waals surface area contributed by atoms with Gasteiger partial charge in [0.2, 0.25) is 10.0 Å². The Bertz CT molecular complexity index is 1080. The molecule has 1 amide bonds. The molecule has 8 heteroatoms. The fraction of sp³-hybridized carbons (Fsp3) is 0.263. The largest absolute Gasteiger partial charge is 0.478 e. The maximum absolute atomic E-state index is 12.9. The van der Waals surface area contributed by atoms with Crippen LogP contribution in [-0.4, -0.2) is 43.1 Å². The summed E-state index contributed by atoms with van der Waals surface area (Å²) in [5.74, 6) is -1.14. The number of carboxylic acids is 1. The van der Waals surface area contributed by atoms with E-state index in [1.54, 1.807) is 41.3 Å². The number of amides is 1. The summed E-state index contributed by atoms with van der Waals surface area (Å²) in [6.07, 6.45) is 1.75. The molecule has 2 aliphatic heterocycles. The molecule has 2 heterocycles. The van der Waals surface area contributed by atoms with Gasteiger partial charge in [0.05, 0.1) is 17.5 Å². The van der Waals surface area contributed by atoms with Crippen LogP contribution in [0.1, 0.15) is 37.4 Å². The second kappa shape index (κ2) is 6.09. The third kappa shape index (κ3) is 3.06. The minimum absolute atomic E-state index is 0.149. The van der Waals surface area contributed by atoms with Crippen LogP contribution in [0.2, 0.25) is 0 Å². The lowest BCUT2D eigenvalue weighted by molar-refractivity contribution is 0.0696. The molecule has 0 fully saturated rings. The van der Waals surface area contributed by atoms with Gasteiger partial charge in [-0.2, -0.15) is 0 Å². The molecular weight excluding hydrogens is 368 g/mol. The molecule has 0 saturated heterocycles. The molecule has 2 aliphatic rings. The Balaban J connectivity index is 1.57. The van der Waals surface area contributed by atoms with Crippen LogP contribution in [-0.2, 0) is 29.5 Å². The molecule has 1 N–H and O–H groups in total. The van der Waals surface area contributed by atoms with Crippen molar-refractivity contribution >= 4 is 27.6 Å². The number of aromatic carboxylic acids is 1. The molecule has 0 radical (unpaired) electrons. The van der Waals surface area contributed by atoms with Crippen LogP contribution in [0, 0.1) is 0 Å². The zero-order chi connectivity index (χ0) is 19.3. The molecule has 0 aromatic heterocycles. The topological polar surface area (TPSA) is 95.0 Å². The maximum Gasteiger partial charge on any atom is 0.335 e. The number of sulfonamides is 1. The van der Waals surface area contributed by atoms with E-state index in [4.69, 9.17) is 5.11 Å². The molecule has 0 spiro atoms. The SMILES string of the molecule is CS(=O)(=O)N1CCc2cc(C(=O)N3Cc4ccc(C(=O)O)cc4C3)ccc21. The highest BCUT2D eigenvalue weighted by atomic mass is 32.2. The third-order valence-corrected chi connectivity index (χ3v) is 6.22. The summed E-state index contributed by atoms with van der Waals surface area (Å²) in [4.78, 5) is 25.7. The van der Waals surface area contributed by atoms with E-state index in [1.807, 2.05) is 0 Å². The van der Waals surface area contributed by atoms with Gasteiger partial charge >= 0.3 is 5.97 Å². The molecule has 27 heavy (non-hydrogen) atoms. The molecule has 140 valence electrons. The van der Waals surface area contributed by atoms with Crippen LogP contribution in [0.25, 0.3) is 0 Å². The summed E-state index contributed by atoms with van der Waals surface area (Å²) in [5, 5.41) is 9.11. The summed E-state index contributed by atoms with van der Waals surface area (Å²) in [6.45, 7) is 1.18. The van der Waals surface area contributed by atoms with Crippen LogP contribution in [0.3, 0.4) is 0 Å². The predicted molar refractivity (Wildman–Crippen MR) is 99.3 cm³/mol. The lowest BCUT2D eigenvalue weighted by Crippen LogP contribution is -2.27. The standard InChI is InChI=1S/C19H18N2O5S/c1-27(25,26)21-7-6-12-8-13(4-5-17(12)21)18(22)20-10-15-3-2-14(19(23)24)9-16(15)11-20/h2-5,8-9H,6-7,10-11H2,1H3,(H,23,24). The van der Waals surface area contributed by atoms with E-state index in [1.165, 1.54) is 10.6 Å². The van der Waals surface area contributed by atoms with E-state index in [0.717, 1.165) is 16.7 Å². The lowest BCUT2D eigenvalue weighted by atomic mass is 10.1. The van der Waals surface area contributed by atoms with Gasteiger partial charge in [-0.1, -0.05) is 6.07 Å². The van der Waals surface area contributed by atoms with Crippen LogP contribution in [0.15, 0.2) is 36.4 Å². The fourth-order valence-electron chi connectivity index (χ4n) is 3.70. The Labute approximate surface area is 156 Å². The number of nitrogens with zero attached hydrogens (tertiary/aromatic N) is 2. The van der Waals surface area contributed by atoms with E-state index in [9.17, 15) is 18.0 Å². The Morgan fingerprint density at radius 1 is 0.963 bits per heavy atom. The van der Waals surface area contributed by atoms with Crippen molar-refractivity contribution in [1.82, 2.24) is 4.90 Å². The van der Waals surface area contributed by atoms with Crippen molar-refractivity contribution in [3.63, 3.8) is 0 Å². The van der Waals surface area contributed by atoms with Crippen LogP contribution in [0.4, 0.5) is 5.69 Å². The molecule has 2 aromatic carbocycles. The molecule has 7 nitrogen and oxygen atoms in total. The molecule has 0 aliphatic carbocycles. The van der Waals surface area contributed by atoms with Gasteiger partial charge in [0, 0.05) is 25.2 Å². The first-order valence-electron chi connectivity index (χ1n) is 8.49. The van der Waals surface area contributed by atoms with Gasteiger partial charge in [0.1, 0.15) is 0 Å². The Kier molecular flexibility index (Phi) is 3.96. The van der Waals surface area contributed by atoms with Gasteiger partial charge in [0.25, 0.3) is 5.91 Å². The first-order chi connectivity index (χ1) is 12.7. The highest BCUT2D eigenvalue weighted by Crippen LogP contribution is 2.32. The number of carbonyl (C=O) groups is 2. The highest BCUT2D eigenvalue weighted by Gasteiger charge is 2.29. The number of hydrogen-bond donors (Lipinski definition) is 1. The van der Waals surface area contributed by atoms with Crippen molar-refractivity contribution in [1.29, 1.82) is 0 Å². The number of hydrogen-bond acceptors (Lipinski definition) is 4. The molecular formula is C19H18N2O5S. The monoisotopic (exact) mass is 386 g/mol. The van der Waals surface area contributed by atoms with E-state index < -0.39 is 16.0 Å². The molecule has 0 bridgehead atoms. The number of benzene rings is 2. The summed E-state index contributed by atoms with van der Waals surface area (Å²) >= 11 is 0. The van der Waals surface area contributed by atoms with Gasteiger partial charge in [-0.3, -0.25) is 9.10 Å². The van der Waals surface area contributed by atoms with Gasteiger partial charge in [-0.05, 0) is 53.4 Å². The summed E-state index contributed by atoms with van der Waals surface area (Å²) < 4.78 is 25.0. The van der Waals surface area contributed by atoms with Crippen molar-refractivity contribution in [3.8, 4) is 0 Å². The Morgan fingerprint density at radius 2 is 1.63 bits per heavy atom. The minimum atomic E-state index is -3.32. The van der Waals surface area contributed by atoms with Gasteiger partial charge in [0.15, 0.2) is 0 Å². The van der Waals surface area contributed by atoms with Crippen molar-refractivity contribution in [3.05, 3.63) is 64.2 Å². The lowest BCUT2D eigenvalue weighted by Gasteiger charge is -2.18. The average Bonchev–Trinajstić information content (AvgIpc) is 3.23. The fourth-order valence-corrected chi connectivity index (χ4v) is 4.66. The smallest absolute Gasteiger partial charge is 0.335 e. The highest BCUT2D eigenvalue weighted by molar-refractivity contribution is 7.92. The predicted octanol–water partition coefficient (Wildman–Crippen LogP) is 1.86. The quantitative estimate of drug-likeness (QED) is 0.869. The second-order valence-electron chi connectivity index (χ2n) is 6.88. The maximum atomic E-state index is 12.9. The number of fused-ring (bicyclic) bond motifs is 2. The van der Waals surface area contributed by atoms with Gasteiger partial charge < -0.3 is 10.0 Å². The van der Waals surface area contributed by atoms with E-state index in [2.05, 4.69) is 0 Å². The van der Waals surface area contributed by atoms with Crippen molar-refractivity contribution in [2.24, 2.45) is 0 Å². The van der Waals surface area contributed by atoms with Crippen LogP contribution >= 0.6 is 0 Å². The van der Waals surface area contributed by atoms with E-state index in [0.29, 0.717) is 37.3 Å². The Morgan fingerprint density at radius 3 is 2.33 bits per heavy atom. The van der Waals surface area contributed by atoms with Gasteiger partial charge in [-0.15, -0.1) is 0 Å². The van der Waals surface area contributed by atoms with Gasteiger partial charge in [-0.25, -0.2) is 13.2 Å². The van der Waals surface area contributed by atoms with E-state index >= 15 is 0 Å². The molecule has 0 atom stereocenters. The number of anilines is 1. The first-order valence-corrected chi connectivity index (χ1v) is 10.3. The van der Waals surface area contributed by atoms with Crippen LogP contribution in [0.5, 0.6) is 0 Å². The minimum Gasteiger partial charge on any atom is -0.478 e. The zero-order valence-corrected chi connectivity index (χ0v) is 15.5. The number of carbonyl (C=O) groups excluding carboxylic acids is 1. The van der Waals surface area contributed by atoms with Crippen molar-refractivity contribution in [2.45, 2.75) is 19.5 Å². The summed E-state index contributed by atoms with van der Waals surface area (Å²) in [6, 6.07) is 9.99. The van der Waals surface area contributed by atoms with Crippen molar-refractivity contribution in [2.75, 3.05) is 17.1 Å². The second-order valence-corrected chi connectivity index (χ2v) is 8.79. The zero-order valence-electron chi connectivity index (χ0n) is 14.7. The number of carboxylic acid groups (broad SMARTS) is 1. The average molecular weight is 386 g/mol. The molecule has 4 rings (SSSR count). The number of rotatable bonds is 3. The molecule has 0 unspecified atom stereocenters. The van der Waals surface area contributed by atoms with Crippen LogP contribution < -0.4 is 4.31 Å². The molecule has 2 aromatic rings. The van der Waals surface area contributed by atoms with Crippen molar-refractivity contribution < 1.29 is 23.1 Å². The van der Waals surface area contributed by atoms with E-state index in [-0.39, 0.29) is 11.5 Å².